The average molecular weight is 587 g/mol. The zero-order chi connectivity index (χ0) is 30.4. The molecule has 0 heterocycles. The van der Waals surface area contributed by atoms with Crippen LogP contribution in [-0.4, -0.2) is 32.9 Å². The molecule has 3 fully saturated rings. The van der Waals surface area contributed by atoms with E-state index in [0.29, 0.717) is 29.5 Å². The van der Waals surface area contributed by atoms with Crippen molar-refractivity contribution < 1.29 is 13.9 Å². The highest BCUT2D eigenvalue weighted by Gasteiger charge is 2.59. The van der Waals surface area contributed by atoms with E-state index in [-0.39, 0.29) is 16.9 Å². The predicted octanol–water partition coefficient (Wildman–Crippen LogP) is 10.7. The topological polar surface area (TPSA) is 27.7 Å². The van der Waals surface area contributed by atoms with Crippen molar-refractivity contribution in [3.8, 4) is 0 Å². The van der Waals surface area contributed by atoms with Crippen molar-refractivity contribution in [1.82, 2.24) is 0 Å². The first-order chi connectivity index (χ1) is 18.9. The summed E-state index contributed by atoms with van der Waals surface area (Å²) in [6.07, 6.45) is 19.6. The summed E-state index contributed by atoms with van der Waals surface area (Å²) in [6, 6.07) is 0. The molecular weight excluding hydrogens is 520 g/mol. The lowest BCUT2D eigenvalue weighted by Crippen LogP contribution is -2.52. The van der Waals surface area contributed by atoms with Gasteiger partial charge < -0.3 is 13.9 Å². The fourth-order valence-electron chi connectivity index (χ4n) is 9.69. The average Bonchev–Trinajstić information content (AvgIpc) is 3.20. The summed E-state index contributed by atoms with van der Waals surface area (Å²) in [7, 11) is -1.73. The lowest BCUT2D eigenvalue weighted by atomic mass is 9.47. The molecule has 4 aliphatic rings. The van der Waals surface area contributed by atoms with E-state index in [0.717, 1.165) is 30.1 Å². The Morgan fingerprint density at radius 2 is 1.71 bits per heavy atom. The Balaban J connectivity index is 1.41. The van der Waals surface area contributed by atoms with Gasteiger partial charge in [0.05, 0.1) is 5.60 Å². The van der Waals surface area contributed by atoms with Gasteiger partial charge in [-0.2, -0.15) is 0 Å². The van der Waals surface area contributed by atoms with E-state index in [9.17, 15) is 0 Å². The quantitative estimate of drug-likeness (QED) is 0.145. The zero-order valence-electron chi connectivity index (χ0n) is 29.1. The molecule has 9 atom stereocenters. The van der Waals surface area contributed by atoms with Gasteiger partial charge in [0, 0.05) is 12.7 Å². The van der Waals surface area contributed by atoms with Crippen molar-refractivity contribution in [2.24, 2.45) is 40.4 Å². The summed E-state index contributed by atoms with van der Waals surface area (Å²) in [4.78, 5) is 0. The van der Waals surface area contributed by atoms with Crippen molar-refractivity contribution in [1.29, 1.82) is 0 Å². The van der Waals surface area contributed by atoms with Gasteiger partial charge in [0.25, 0.3) is 0 Å². The number of allylic oxidation sites excluding steroid dienone is 2. The molecule has 0 bridgehead atoms. The Labute approximate surface area is 255 Å². The van der Waals surface area contributed by atoms with E-state index < -0.39 is 8.32 Å². The summed E-state index contributed by atoms with van der Waals surface area (Å²) >= 11 is 0. The van der Waals surface area contributed by atoms with Gasteiger partial charge >= 0.3 is 0 Å². The Bertz CT molecular complexity index is 960. The highest BCUT2D eigenvalue weighted by atomic mass is 28.4. The van der Waals surface area contributed by atoms with E-state index in [4.69, 9.17) is 13.9 Å². The van der Waals surface area contributed by atoms with Crippen LogP contribution in [0.1, 0.15) is 127 Å². The van der Waals surface area contributed by atoms with Crippen LogP contribution in [0.4, 0.5) is 0 Å². The Morgan fingerprint density at radius 1 is 1.00 bits per heavy atom. The lowest BCUT2D eigenvalue weighted by Gasteiger charge is -2.59. The van der Waals surface area contributed by atoms with Crippen LogP contribution in [0.5, 0.6) is 0 Å². The van der Waals surface area contributed by atoms with Gasteiger partial charge in [-0.3, -0.25) is 0 Å². The maximum Gasteiger partial charge on any atom is 0.192 e. The van der Waals surface area contributed by atoms with Crippen LogP contribution in [-0.2, 0) is 13.9 Å². The van der Waals surface area contributed by atoms with Gasteiger partial charge in [0.1, 0.15) is 0 Å². The van der Waals surface area contributed by atoms with Crippen molar-refractivity contribution in [2.75, 3.05) is 6.61 Å². The van der Waals surface area contributed by atoms with E-state index in [1.165, 1.54) is 51.4 Å². The molecule has 0 spiro atoms. The highest BCUT2D eigenvalue weighted by Crippen LogP contribution is 2.67. The molecule has 0 radical (unpaired) electrons. The number of hydrogen-bond acceptors (Lipinski definition) is 3. The predicted molar refractivity (Wildman–Crippen MR) is 176 cm³/mol. The molecular formula is C37H66O3Si. The fourth-order valence-corrected chi connectivity index (χ4v) is 11.1. The molecule has 0 aromatic rings. The molecule has 0 saturated heterocycles. The minimum absolute atomic E-state index is 0.155. The SMILES string of the molecule is CCOC(C)OC(C)(C)CC=C[C@@H](C)[C@H]1CC[C@H]2[C@@H]3CC=C4CC(O[Si](C)(C)C(C)(C)C)CC[C@]4(C)[C@H]3CC[C@]12C. The molecule has 4 heteroatoms. The molecule has 2 unspecified atom stereocenters. The third-order valence-electron chi connectivity index (χ3n) is 13.0. The van der Waals surface area contributed by atoms with Gasteiger partial charge in [0.2, 0.25) is 0 Å². The number of rotatable bonds is 10. The molecule has 0 aliphatic heterocycles. The third kappa shape index (κ3) is 6.81. The van der Waals surface area contributed by atoms with Crippen molar-refractivity contribution in [3.05, 3.63) is 23.8 Å². The van der Waals surface area contributed by atoms with Crippen LogP contribution in [0.2, 0.25) is 18.1 Å². The van der Waals surface area contributed by atoms with E-state index in [2.05, 4.69) is 86.7 Å². The van der Waals surface area contributed by atoms with Gasteiger partial charge in [0.15, 0.2) is 14.6 Å². The minimum atomic E-state index is -1.73. The van der Waals surface area contributed by atoms with Crippen LogP contribution >= 0.6 is 0 Å². The first-order valence-corrected chi connectivity index (χ1v) is 20.2. The highest BCUT2D eigenvalue weighted by molar-refractivity contribution is 6.74. The van der Waals surface area contributed by atoms with Crippen molar-refractivity contribution in [2.45, 2.75) is 163 Å². The fraction of sp³-hybridized carbons (Fsp3) is 0.892. The molecule has 0 amide bonds. The molecule has 41 heavy (non-hydrogen) atoms. The van der Waals surface area contributed by atoms with Crippen LogP contribution < -0.4 is 0 Å². The van der Waals surface area contributed by atoms with Crippen LogP contribution in [0.15, 0.2) is 23.8 Å². The van der Waals surface area contributed by atoms with Gasteiger partial charge in [-0.25, -0.2) is 0 Å². The van der Waals surface area contributed by atoms with Crippen LogP contribution in [0, 0.1) is 40.4 Å². The summed E-state index contributed by atoms with van der Waals surface area (Å²) in [5.74, 6) is 4.03. The minimum Gasteiger partial charge on any atom is -0.414 e. The van der Waals surface area contributed by atoms with E-state index in [1.807, 2.05) is 13.8 Å². The summed E-state index contributed by atoms with van der Waals surface area (Å²) in [5.41, 5.74) is 2.42. The van der Waals surface area contributed by atoms with Crippen molar-refractivity contribution >= 4 is 8.32 Å². The summed E-state index contributed by atoms with van der Waals surface area (Å²) < 4.78 is 18.7. The zero-order valence-corrected chi connectivity index (χ0v) is 30.1. The molecule has 4 rings (SSSR count). The second-order valence-electron chi connectivity index (χ2n) is 17.1. The number of fused-ring (bicyclic) bond motifs is 5. The van der Waals surface area contributed by atoms with Crippen LogP contribution in [0.3, 0.4) is 0 Å². The van der Waals surface area contributed by atoms with E-state index in [1.54, 1.807) is 5.57 Å². The van der Waals surface area contributed by atoms with Gasteiger partial charge in [-0.15, -0.1) is 0 Å². The summed E-state index contributed by atoms with van der Waals surface area (Å²) in [5, 5.41) is 0.283. The number of ether oxygens (including phenoxy) is 2. The normalized spacial score (nSPS) is 37.8. The standard InChI is InChI=1S/C37H66O3Si/c1-13-38-27(3)39-35(7,8)22-14-15-26(2)31-18-19-32-30-17-16-28-25-29(40-41(11,12)34(4,5)6)20-23-36(28,9)33(30)21-24-37(31,32)10/h14-16,26-27,29-33H,13,17-25H2,1-12H3/t26-,27?,29?,30+,31-,32+,33+,36+,37-/m1/s1. The first kappa shape index (κ1) is 33.5. The Kier molecular flexibility index (Phi) is 9.93. The largest absolute Gasteiger partial charge is 0.414 e. The third-order valence-corrected chi connectivity index (χ3v) is 17.5. The second-order valence-corrected chi connectivity index (χ2v) is 21.9. The number of hydrogen-bond donors (Lipinski definition) is 0. The molecule has 0 aromatic heterocycles. The molecule has 3 nitrogen and oxygen atoms in total. The van der Waals surface area contributed by atoms with Crippen molar-refractivity contribution in [3.63, 3.8) is 0 Å². The smallest absolute Gasteiger partial charge is 0.192 e. The molecule has 0 N–H and O–H groups in total. The first-order valence-electron chi connectivity index (χ1n) is 17.3. The lowest BCUT2D eigenvalue weighted by molar-refractivity contribution is -0.187. The Hall–Kier alpha value is -0.423. The Morgan fingerprint density at radius 3 is 2.37 bits per heavy atom. The maximum absolute atomic E-state index is 6.96. The molecule has 3 saturated carbocycles. The van der Waals surface area contributed by atoms with E-state index >= 15 is 0 Å². The monoisotopic (exact) mass is 586 g/mol. The van der Waals surface area contributed by atoms with Gasteiger partial charge in [-0.1, -0.05) is 65.3 Å². The van der Waals surface area contributed by atoms with Gasteiger partial charge in [-0.05, 0) is 144 Å². The molecule has 236 valence electrons. The molecule has 0 aromatic carbocycles. The second kappa shape index (κ2) is 12.2. The maximum atomic E-state index is 6.96. The van der Waals surface area contributed by atoms with Crippen LogP contribution in [0.25, 0.3) is 0 Å². The summed E-state index contributed by atoms with van der Waals surface area (Å²) in [6.45, 7) is 28.9. The molecule has 4 aliphatic carbocycles.